The Morgan fingerprint density at radius 3 is 3.00 bits per heavy atom. The summed E-state index contributed by atoms with van der Waals surface area (Å²) >= 11 is 1.58. The maximum atomic E-state index is 4.93. The Kier molecular flexibility index (Phi) is 3.96. The van der Waals surface area contributed by atoms with Crippen LogP contribution in [-0.4, -0.2) is 30.5 Å². The second-order valence-electron chi connectivity index (χ2n) is 2.27. The molecule has 0 aliphatic heterocycles. The van der Waals surface area contributed by atoms with E-state index >= 15 is 0 Å². The van der Waals surface area contributed by atoms with E-state index in [4.69, 9.17) is 4.74 Å². The van der Waals surface area contributed by atoms with Crippen LogP contribution in [0.25, 0.3) is 0 Å². The fourth-order valence-electron chi connectivity index (χ4n) is 0.767. The molecular formula is C7H13N3OS. The van der Waals surface area contributed by atoms with E-state index in [9.17, 15) is 0 Å². The summed E-state index contributed by atoms with van der Waals surface area (Å²) in [6, 6.07) is 0. The van der Waals surface area contributed by atoms with Crippen LogP contribution < -0.4 is 5.32 Å². The zero-order chi connectivity index (χ0) is 8.81. The molecule has 4 nitrogen and oxygen atoms in total. The third kappa shape index (κ3) is 2.75. The second kappa shape index (κ2) is 5.05. The number of anilines is 1. The van der Waals surface area contributed by atoms with Gasteiger partial charge in [0.1, 0.15) is 5.01 Å². The first-order chi connectivity index (χ1) is 5.86. The minimum atomic E-state index is 0.709. The highest BCUT2D eigenvalue weighted by atomic mass is 32.1. The number of aromatic nitrogens is 2. The summed E-state index contributed by atoms with van der Waals surface area (Å²) in [6.45, 7) is 3.63. The van der Waals surface area contributed by atoms with Crippen molar-refractivity contribution in [2.24, 2.45) is 0 Å². The van der Waals surface area contributed by atoms with Gasteiger partial charge in [-0.25, -0.2) is 0 Å². The van der Waals surface area contributed by atoms with E-state index in [0.29, 0.717) is 6.61 Å². The smallest absolute Gasteiger partial charge is 0.205 e. The Balaban J connectivity index is 2.41. The topological polar surface area (TPSA) is 47.0 Å². The van der Waals surface area contributed by atoms with Crippen molar-refractivity contribution in [1.82, 2.24) is 10.2 Å². The maximum Gasteiger partial charge on any atom is 0.205 e. The van der Waals surface area contributed by atoms with Gasteiger partial charge in [-0.2, -0.15) is 0 Å². The van der Waals surface area contributed by atoms with Crippen molar-refractivity contribution in [3.8, 4) is 0 Å². The van der Waals surface area contributed by atoms with Crippen LogP contribution in [-0.2, 0) is 11.2 Å². The first kappa shape index (κ1) is 9.41. The highest BCUT2D eigenvalue weighted by molar-refractivity contribution is 7.15. The van der Waals surface area contributed by atoms with E-state index in [0.717, 1.165) is 23.1 Å². The molecule has 68 valence electrons. The van der Waals surface area contributed by atoms with Crippen molar-refractivity contribution >= 4 is 16.5 Å². The number of rotatable bonds is 5. The summed E-state index contributed by atoms with van der Waals surface area (Å²) in [5.41, 5.74) is 0. The van der Waals surface area contributed by atoms with E-state index in [1.165, 1.54) is 0 Å². The van der Waals surface area contributed by atoms with Gasteiger partial charge in [-0.3, -0.25) is 0 Å². The summed E-state index contributed by atoms with van der Waals surface area (Å²) in [6.07, 6.45) is 0.847. The van der Waals surface area contributed by atoms with Gasteiger partial charge in [-0.15, -0.1) is 10.2 Å². The molecule has 1 heterocycles. The summed E-state index contributed by atoms with van der Waals surface area (Å²) in [7, 11) is 1.69. The number of nitrogens with one attached hydrogen (secondary N) is 1. The van der Waals surface area contributed by atoms with Crippen LogP contribution in [0.15, 0.2) is 0 Å². The summed E-state index contributed by atoms with van der Waals surface area (Å²) < 4.78 is 4.93. The molecule has 1 aromatic rings. The Bertz CT molecular complexity index is 226. The number of methoxy groups -OCH3 is 1. The minimum Gasteiger partial charge on any atom is -0.384 e. The molecule has 1 N–H and O–H groups in total. The zero-order valence-electron chi connectivity index (χ0n) is 7.33. The lowest BCUT2D eigenvalue weighted by Crippen LogP contribution is -1.94. The zero-order valence-corrected chi connectivity index (χ0v) is 8.15. The number of ether oxygens (including phenoxy) is 1. The quantitative estimate of drug-likeness (QED) is 0.751. The molecule has 5 heteroatoms. The van der Waals surface area contributed by atoms with Gasteiger partial charge >= 0.3 is 0 Å². The van der Waals surface area contributed by atoms with Gasteiger partial charge < -0.3 is 10.1 Å². The lowest BCUT2D eigenvalue weighted by molar-refractivity contribution is 0.202. The van der Waals surface area contributed by atoms with Gasteiger partial charge in [0.25, 0.3) is 0 Å². The minimum absolute atomic E-state index is 0.709. The molecule has 0 bridgehead atoms. The van der Waals surface area contributed by atoms with Gasteiger partial charge in [-0.1, -0.05) is 11.3 Å². The molecule has 0 fully saturated rings. The standard InChI is InChI=1S/C7H13N3OS/c1-3-8-7-10-9-6(12-7)4-5-11-2/h3-5H2,1-2H3,(H,8,10). The predicted molar refractivity (Wildman–Crippen MR) is 49.7 cm³/mol. The van der Waals surface area contributed by atoms with Crippen LogP contribution in [0.4, 0.5) is 5.13 Å². The Morgan fingerprint density at radius 1 is 1.50 bits per heavy atom. The van der Waals surface area contributed by atoms with Gasteiger partial charge in [0, 0.05) is 20.1 Å². The van der Waals surface area contributed by atoms with E-state index in [2.05, 4.69) is 15.5 Å². The van der Waals surface area contributed by atoms with Gasteiger partial charge in [0.2, 0.25) is 5.13 Å². The van der Waals surface area contributed by atoms with Crippen LogP contribution in [0.5, 0.6) is 0 Å². The largest absolute Gasteiger partial charge is 0.384 e. The van der Waals surface area contributed by atoms with E-state index in [1.807, 2.05) is 6.92 Å². The van der Waals surface area contributed by atoms with Crippen LogP contribution in [0.3, 0.4) is 0 Å². The number of hydrogen-bond acceptors (Lipinski definition) is 5. The molecule has 0 atom stereocenters. The van der Waals surface area contributed by atoms with Crippen molar-refractivity contribution in [2.45, 2.75) is 13.3 Å². The van der Waals surface area contributed by atoms with E-state index in [1.54, 1.807) is 18.4 Å². The fraction of sp³-hybridized carbons (Fsp3) is 0.714. The Morgan fingerprint density at radius 2 is 2.33 bits per heavy atom. The van der Waals surface area contributed by atoms with Gasteiger partial charge in [0.05, 0.1) is 6.61 Å². The van der Waals surface area contributed by atoms with Crippen molar-refractivity contribution in [1.29, 1.82) is 0 Å². The van der Waals surface area contributed by atoms with Crippen LogP contribution in [0.1, 0.15) is 11.9 Å². The van der Waals surface area contributed by atoms with Gasteiger partial charge in [0.15, 0.2) is 0 Å². The lowest BCUT2D eigenvalue weighted by Gasteiger charge is -1.92. The molecule has 0 aliphatic carbocycles. The first-order valence-electron chi connectivity index (χ1n) is 3.92. The third-order valence-corrected chi connectivity index (χ3v) is 2.26. The molecule has 0 radical (unpaired) electrons. The average molecular weight is 187 g/mol. The number of hydrogen-bond donors (Lipinski definition) is 1. The molecule has 0 spiro atoms. The summed E-state index contributed by atoms with van der Waals surface area (Å²) in [5.74, 6) is 0. The molecule has 12 heavy (non-hydrogen) atoms. The highest BCUT2D eigenvalue weighted by Gasteiger charge is 2.01. The monoisotopic (exact) mass is 187 g/mol. The average Bonchev–Trinajstić information content (AvgIpc) is 2.50. The molecule has 0 aromatic carbocycles. The molecule has 0 saturated carbocycles. The Labute approximate surface area is 76.0 Å². The predicted octanol–water partition coefficient (Wildman–Crippen LogP) is 1.16. The number of nitrogens with zero attached hydrogens (tertiary/aromatic N) is 2. The molecule has 0 unspecified atom stereocenters. The SMILES string of the molecule is CCNc1nnc(CCOC)s1. The van der Waals surface area contributed by atoms with Crippen molar-refractivity contribution in [3.05, 3.63) is 5.01 Å². The van der Waals surface area contributed by atoms with Crippen molar-refractivity contribution in [2.75, 3.05) is 25.6 Å². The van der Waals surface area contributed by atoms with Crippen LogP contribution >= 0.6 is 11.3 Å². The summed E-state index contributed by atoms with van der Waals surface area (Å²) in [4.78, 5) is 0. The normalized spacial score (nSPS) is 10.2. The summed E-state index contributed by atoms with van der Waals surface area (Å²) in [5, 5.41) is 13.0. The molecule has 0 saturated heterocycles. The van der Waals surface area contributed by atoms with Gasteiger partial charge in [-0.05, 0) is 6.92 Å². The van der Waals surface area contributed by atoms with E-state index < -0.39 is 0 Å². The highest BCUT2D eigenvalue weighted by Crippen LogP contribution is 2.14. The van der Waals surface area contributed by atoms with Crippen LogP contribution in [0.2, 0.25) is 0 Å². The third-order valence-electron chi connectivity index (χ3n) is 1.31. The van der Waals surface area contributed by atoms with E-state index in [-0.39, 0.29) is 0 Å². The lowest BCUT2D eigenvalue weighted by atomic mass is 10.5. The van der Waals surface area contributed by atoms with Crippen LogP contribution in [0, 0.1) is 0 Å². The molecule has 1 aromatic heterocycles. The molecule has 1 rings (SSSR count). The Hall–Kier alpha value is -0.680. The fourth-order valence-corrected chi connectivity index (χ4v) is 1.56. The van der Waals surface area contributed by atoms with Crippen molar-refractivity contribution in [3.63, 3.8) is 0 Å². The molecule has 0 amide bonds. The maximum absolute atomic E-state index is 4.93. The molecular weight excluding hydrogens is 174 g/mol. The molecule has 0 aliphatic rings. The van der Waals surface area contributed by atoms with Crippen molar-refractivity contribution < 1.29 is 4.74 Å². The first-order valence-corrected chi connectivity index (χ1v) is 4.73. The second-order valence-corrected chi connectivity index (χ2v) is 3.34.